The zero-order chi connectivity index (χ0) is 24.6. The summed E-state index contributed by atoms with van der Waals surface area (Å²) in [6, 6.07) is 16.6. The molecule has 0 radical (unpaired) electrons. The fourth-order valence-electron chi connectivity index (χ4n) is 4.37. The van der Waals surface area contributed by atoms with Crippen molar-refractivity contribution in [3.63, 3.8) is 0 Å². The van der Waals surface area contributed by atoms with Gasteiger partial charge < -0.3 is 10.0 Å². The van der Waals surface area contributed by atoms with Gasteiger partial charge >= 0.3 is 0 Å². The van der Waals surface area contributed by atoms with Crippen molar-refractivity contribution in [2.75, 3.05) is 0 Å². The van der Waals surface area contributed by atoms with Gasteiger partial charge in [-0.2, -0.15) is 0 Å². The predicted octanol–water partition coefficient (Wildman–Crippen LogP) is 5.62. The second-order valence-electron chi connectivity index (χ2n) is 9.96. The van der Waals surface area contributed by atoms with E-state index < -0.39 is 17.7 Å². The van der Waals surface area contributed by atoms with E-state index in [-0.39, 0.29) is 23.3 Å². The summed E-state index contributed by atoms with van der Waals surface area (Å²) in [6.07, 6.45) is 3.10. The van der Waals surface area contributed by atoms with Gasteiger partial charge in [-0.1, -0.05) is 68.8 Å². The van der Waals surface area contributed by atoms with E-state index in [2.05, 4.69) is 25.8 Å². The molecule has 1 aliphatic heterocycles. The number of aromatic nitrogens is 1. The number of likely N-dealkylation sites (tertiary alicyclic amines) is 1. The van der Waals surface area contributed by atoms with Crippen molar-refractivity contribution >= 4 is 17.4 Å². The van der Waals surface area contributed by atoms with Gasteiger partial charge in [-0.05, 0) is 53.6 Å². The molecule has 174 valence electrons. The number of nitrogens with zero attached hydrogens (tertiary/aromatic N) is 2. The molecule has 3 aromatic rings. The molecule has 34 heavy (non-hydrogen) atoms. The van der Waals surface area contributed by atoms with Crippen LogP contribution in [0.1, 0.15) is 60.2 Å². The smallest absolute Gasteiger partial charge is 0.295 e. The minimum absolute atomic E-state index is 0.0317. The maximum Gasteiger partial charge on any atom is 0.295 e. The molecular formula is C29H30N2O3. The van der Waals surface area contributed by atoms with Crippen LogP contribution in [0.25, 0.3) is 5.76 Å². The van der Waals surface area contributed by atoms with Gasteiger partial charge in [0.05, 0.1) is 11.6 Å². The quantitative estimate of drug-likeness (QED) is 0.316. The zero-order valence-electron chi connectivity index (χ0n) is 20.3. The molecule has 1 N–H and O–H groups in total. The highest BCUT2D eigenvalue weighted by atomic mass is 16.3. The highest BCUT2D eigenvalue weighted by Crippen LogP contribution is 2.41. The molecule has 1 atom stereocenters. The van der Waals surface area contributed by atoms with E-state index in [1.54, 1.807) is 29.4 Å². The molecule has 4 rings (SSSR count). The average molecular weight is 455 g/mol. The predicted molar refractivity (Wildman–Crippen MR) is 133 cm³/mol. The number of aliphatic hydroxyl groups is 1. The van der Waals surface area contributed by atoms with Crippen LogP contribution in [0.15, 0.2) is 72.6 Å². The molecular weight excluding hydrogens is 424 g/mol. The van der Waals surface area contributed by atoms with Gasteiger partial charge in [-0.25, -0.2) is 0 Å². The van der Waals surface area contributed by atoms with Crippen LogP contribution in [-0.4, -0.2) is 26.7 Å². The van der Waals surface area contributed by atoms with Gasteiger partial charge in [0, 0.05) is 24.5 Å². The SMILES string of the molecule is Cc1ccc(C)c(CN2C(=O)C(=O)/C(=C(\O)c3ccncc3)C2c2ccc(C(C)(C)C)cc2)c1. The second kappa shape index (κ2) is 8.90. The number of hydrogen-bond acceptors (Lipinski definition) is 4. The van der Waals surface area contributed by atoms with E-state index in [9.17, 15) is 14.7 Å². The van der Waals surface area contributed by atoms with Crippen LogP contribution in [0.4, 0.5) is 0 Å². The monoisotopic (exact) mass is 454 g/mol. The Bertz CT molecular complexity index is 1270. The number of ketones is 1. The van der Waals surface area contributed by atoms with Gasteiger partial charge in [-0.3, -0.25) is 14.6 Å². The topological polar surface area (TPSA) is 70.5 Å². The first-order valence-electron chi connectivity index (χ1n) is 11.4. The van der Waals surface area contributed by atoms with Crippen molar-refractivity contribution < 1.29 is 14.7 Å². The van der Waals surface area contributed by atoms with Crippen LogP contribution in [-0.2, 0) is 21.5 Å². The Morgan fingerprint density at radius 2 is 1.62 bits per heavy atom. The molecule has 2 heterocycles. The number of benzene rings is 2. The van der Waals surface area contributed by atoms with E-state index in [0.29, 0.717) is 5.56 Å². The molecule has 1 unspecified atom stereocenters. The average Bonchev–Trinajstić information content (AvgIpc) is 3.06. The minimum Gasteiger partial charge on any atom is -0.507 e. The highest BCUT2D eigenvalue weighted by molar-refractivity contribution is 6.46. The fourth-order valence-corrected chi connectivity index (χ4v) is 4.37. The van der Waals surface area contributed by atoms with Crippen LogP contribution in [0.5, 0.6) is 0 Å². The zero-order valence-corrected chi connectivity index (χ0v) is 20.3. The van der Waals surface area contributed by atoms with E-state index in [1.807, 2.05) is 56.3 Å². The van der Waals surface area contributed by atoms with Gasteiger partial charge in [0.1, 0.15) is 5.76 Å². The largest absolute Gasteiger partial charge is 0.507 e. The third kappa shape index (κ3) is 4.38. The van der Waals surface area contributed by atoms with Crippen LogP contribution in [0, 0.1) is 13.8 Å². The number of Topliss-reactive ketones (excluding diaryl/α,β-unsaturated/α-hetero) is 1. The van der Waals surface area contributed by atoms with E-state index in [1.165, 1.54) is 0 Å². The maximum absolute atomic E-state index is 13.3. The summed E-state index contributed by atoms with van der Waals surface area (Å²) in [5.74, 6) is -1.47. The lowest BCUT2D eigenvalue weighted by Gasteiger charge is -2.27. The molecule has 0 aliphatic carbocycles. The summed E-state index contributed by atoms with van der Waals surface area (Å²) in [7, 11) is 0. The van der Waals surface area contributed by atoms with Crippen molar-refractivity contribution in [2.24, 2.45) is 0 Å². The number of amides is 1. The Morgan fingerprint density at radius 3 is 2.24 bits per heavy atom. The van der Waals surface area contributed by atoms with Crippen molar-refractivity contribution in [1.29, 1.82) is 0 Å². The normalized spacial score (nSPS) is 17.9. The van der Waals surface area contributed by atoms with E-state index in [0.717, 1.165) is 27.8 Å². The number of hydrogen-bond donors (Lipinski definition) is 1. The fraction of sp³-hybridized carbons (Fsp3) is 0.276. The van der Waals surface area contributed by atoms with Gasteiger partial charge in [0.15, 0.2) is 0 Å². The third-order valence-electron chi connectivity index (χ3n) is 6.43. The van der Waals surface area contributed by atoms with E-state index in [4.69, 9.17) is 0 Å². The summed E-state index contributed by atoms with van der Waals surface area (Å²) >= 11 is 0. The first kappa shape index (κ1) is 23.4. The molecule has 0 bridgehead atoms. The molecule has 0 saturated carbocycles. The molecule has 1 aromatic heterocycles. The lowest BCUT2D eigenvalue weighted by atomic mass is 9.85. The molecule has 5 heteroatoms. The highest BCUT2D eigenvalue weighted by Gasteiger charge is 2.46. The number of aryl methyl sites for hydroxylation is 2. The Kier molecular flexibility index (Phi) is 6.13. The van der Waals surface area contributed by atoms with Crippen LogP contribution >= 0.6 is 0 Å². The summed E-state index contributed by atoms with van der Waals surface area (Å²) in [5, 5.41) is 11.2. The Morgan fingerprint density at radius 1 is 0.971 bits per heavy atom. The van der Waals surface area contributed by atoms with Crippen LogP contribution in [0.3, 0.4) is 0 Å². The van der Waals surface area contributed by atoms with Gasteiger partial charge in [0.25, 0.3) is 11.7 Å². The Balaban J connectivity index is 1.87. The van der Waals surface area contributed by atoms with Crippen LogP contribution in [0.2, 0.25) is 0 Å². The van der Waals surface area contributed by atoms with Crippen molar-refractivity contribution in [3.05, 3.63) is 106 Å². The number of aliphatic hydroxyl groups excluding tert-OH is 1. The first-order chi connectivity index (χ1) is 16.1. The Hall–Kier alpha value is -3.73. The summed E-state index contributed by atoms with van der Waals surface area (Å²) in [4.78, 5) is 32.1. The lowest BCUT2D eigenvalue weighted by Crippen LogP contribution is -2.29. The van der Waals surface area contributed by atoms with E-state index >= 15 is 0 Å². The molecule has 2 aromatic carbocycles. The third-order valence-corrected chi connectivity index (χ3v) is 6.43. The maximum atomic E-state index is 13.3. The van der Waals surface area contributed by atoms with Crippen molar-refractivity contribution in [3.8, 4) is 0 Å². The lowest BCUT2D eigenvalue weighted by molar-refractivity contribution is -0.140. The van der Waals surface area contributed by atoms with Gasteiger partial charge in [-0.15, -0.1) is 0 Å². The second-order valence-corrected chi connectivity index (χ2v) is 9.96. The van der Waals surface area contributed by atoms with Crippen LogP contribution < -0.4 is 0 Å². The standard InChI is InChI=1S/C29H30N2O3/c1-18-6-7-19(2)22(16-18)17-31-25(20-8-10-23(11-9-20)29(3,4)5)24(27(33)28(31)34)26(32)21-12-14-30-15-13-21/h6-16,25,32H,17H2,1-5H3/b26-24-. The first-order valence-corrected chi connectivity index (χ1v) is 11.4. The molecule has 1 fully saturated rings. The summed E-state index contributed by atoms with van der Waals surface area (Å²) in [5.41, 5.74) is 5.56. The number of rotatable bonds is 4. The Labute approximate surface area is 200 Å². The summed E-state index contributed by atoms with van der Waals surface area (Å²) in [6.45, 7) is 10.7. The number of carbonyl (C=O) groups is 2. The molecule has 0 spiro atoms. The summed E-state index contributed by atoms with van der Waals surface area (Å²) < 4.78 is 0. The van der Waals surface area contributed by atoms with Gasteiger partial charge in [0.2, 0.25) is 0 Å². The molecule has 1 aliphatic rings. The molecule has 5 nitrogen and oxygen atoms in total. The van der Waals surface area contributed by atoms with Crippen molar-refractivity contribution in [2.45, 2.75) is 52.6 Å². The number of carbonyl (C=O) groups excluding carboxylic acids is 2. The molecule has 1 amide bonds. The molecule has 1 saturated heterocycles. The van der Waals surface area contributed by atoms with Crippen molar-refractivity contribution in [1.82, 2.24) is 9.88 Å². The minimum atomic E-state index is -0.693. The number of pyridine rings is 1.